The fourth-order valence-corrected chi connectivity index (χ4v) is 5.22. The lowest BCUT2D eigenvalue weighted by molar-refractivity contribution is -0.122. The first-order valence-corrected chi connectivity index (χ1v) is 8.50. The number of nitrogens with one attached hydrogen (secondary N) is 1. The van der Waals surface area contributed by atoms with Crippen LogP contribution in [0.15, 0.2) is 10.3 Å². The predicted octanol–water partition coefficient (Wildman–Crippen LogP) is 1.30. The Morgan fingerprint density at radius 2 is 2.11 bits per heavy atom. The Balaban J connectivity index is 2.20. The van der Waals surface area contributed by atoms with Crippen molar-refractivity contribution in [3.63, 3.8) is 0 Å². The van der Waals surface area contributed by atoms with Crippen LogP contribution in [0.1, 0.15) is 29.7 Å². The van der Waals surface area contributed by atoms with E-state index in [4.69, 9.17) is 5.73 Å². The maximum atomic E-state index is 12.3. The summed E-state index contributed by atoms with van der Waals surface area (Å²) in [5, 5.41) is 0. The topological polar surface area (TPSA) is 89.3 Å². The fraction of sp³-hybridized carbons (Fsp3) is 0.583. The first-order chi connectivity index (χ1) is 8.81. The molecule has 1 aliphatic rings. The van der Waals surface area contributed by atoms with E-state index in [9.17, 15) is 13.2 Å². The average molecular weight is 302 g/mol. The standard InChI is InChI=1S/C12H18N2O3S2/c1-7-6-11(18-8(7)2)19(16,17)14-10-5-3-4-9(10)12(13)15/h6,9-10,14H,3-5H2,1-2H3,(H2,13,15)/t9-,10-/m0/s1. The second kappa shape index (κ2) is 5.22. The van der Waals surface area contributed by atoms with E-state index in [0.717, 1.165) is 16.9 Å². The first-order valence-electron chi connectivity index (χ1n) is 6.20. The molecule has 0 spiro atoms. The lowest BCUT2D eigenvalue weighted by atomic mass is 10.0. The number of primary amides is 1. The van der Waals surface area contributed by atoms with Gasteiger partial charge in [-0.1, -0.05) is 6.42 Å². The van der Waals surface area contributed by atoms with Gasteiger partial charge in [0.2, 0.25) is 15.9 Å². The van der Waals surface area contributed by atoms with Crippen LogP contribution in [0, 0.1) is 19.8 Å². The number of amides is 1. The summed E-state index contributed by atoms with van der Waals surface area (Å²) in [5.74, 6) is -0.819. The van der Waals surface area contributed by atoms with E-state index in [1.54, 1.807) is 6.07 Å². The number of carbonyl (C=O) groups excluding carboxylic acids is 1. The SMILES string of the molecule is Cc1cc(S(=O)(=O)N[C@H]2CCC[C@@H]2C(N)=O)sc1C. The molecule has 2 rings (SSSR count). The number of nitrogens with two attached hydrogens (primary N) is 1. The third kappa shape index (κ3) is 2.98. The van der Waals surface area contributed by atoms with E-state index in [-0.39, 0.29) is 6.04 Å². The number of aryl methyl sites for hydroxylation is 2. The Morgan fingerprint density at radius 3 is 2.63 bits per heavy atom. The van der Waals surface area contributed by atoms with Gasteiger partial charge in [-0.25, -0.2) is 13.1 Å². The molecule has 1 aromatic rings. The molecule has 19 heavy (non-hydrogen) atoms. The Morgan fingerprint density at radius 1 is 1.42 bits per heavy atom. The Labute approximate surface area is 117 Å². The van der Waals surface area contributed by atoms with E-state index in [0.29, 0.717) is 17.1 Å². The summed E-state index contributed by atoms with van der Waals surface area (Å²) in [6.45, 7) is 3.77. The van der Waals surface area contributed by atoms with Crippen molar-refractivity contribution in [2.45, 2.75) is 43.4 Å². The highest BCUT2D eigenvalue weighted by molar-refractivity contribution is 7.91. The number of rotatable bonds is 4. The summed E-state index contributed by atoms with van der Waals surface area (Å²) in [6, 6.07) is 1.29. The molecule has 0 aliphatic heterocycles. The second-order valence-electron chi connectivity index (χ2n) is 4.97. The number of thiophene rings is 1. The van der Waals surface area contributed by atoms with E-state index in [1.807, 2.05) is 13.8 Å². The van der Waals surface area contributed by atoms with Crippen molar-refractivity contribution >= 4 is 27.3 Å². The Kier molecular flexibility index (Phi) is 3.98. The molecule has 3 N–H and O–H groups in total. The van der Waals surface area contributed by atoms with Gasteiger partial charge in [-0.3, -0.25) is 4.79 Å². The third-order valence-electron chi connectivity index (χ3n) is 3.60. The highest BCUT2D eigenvalue weighted by Gasteiger charge is 2.35. The van der Waals surface area contributed by atoms with Crippen molar-refractivity contribution in [1.82, 2.24) is 4.72 Å². The van der Waals surface area contributed by atoms with Crippen LogP contribution in [-0.4, -0.2) is 20.4 Å². The Bertz CT molecular complexity index is 573. The number of carbonyl (C=O) groups is 1. The summed E-state index contributed by atoms with van der Waals surface area (Å²) >= 11 is 1.25. The van der Waals surface area contributed by atoms with Crippen LogP contribution in [0.4, 0.5) is 0 Å². The van der Waals surface area contributed by atoms with E-state index >= 15 is 0 Å². The average Bonchev–Trinajstić information content (AvgIpc) is 2.87. The van der Waals surface area contributed by atoms with Crippen molar-refractivity contribution in [2.24, 2.45) is 11.7 Å². The van der Waals surface area contributed by atoms with Crippen molar-refractivity contribution < 1.29 is 13.2 Å². The van der Waals surface area contributed by atoms with Crippen LogP contribution in [-0.2, 0) is 14.8 Å². The summed E-state index contributed by atoms with van der Waals surface area (Å²) in [5.41, 5.74) is 6.26. The zero-order valence-corrected chi connectivity index (χ0v) is 12.6. The highest BCUT2D eigenvalue weighted by Crippen LogP contribution is 2.29. The number of hydrogen-bond acceptors (Lipinski definition) is 4. The van der Waals surface area contributed by atoms with Gasteiger partial charge in [0, 0.05) is 10.9 Å². The normalized spacial score (nSPS) is 23.7. The van der Waals surface area contributed by atoms with Crippen molar-refractivity contribution in [3.8, 4) is 0 Å². The van der Waals surface area contributed by atoms with Crippen LogP contribution in [0.25, 0.3) is 0 Å². The third-order valence-corrected chi connectivity index (χ3v) is 6.71. The molecule has 1 aromatic heterocycles. The molecule has 1 heterocycles. The molecule has 1 amide bonds. The van der Waals surface area contributed by atoms with Gasteiger partial charge in [0.1, 0.15) is 4.21 Å². The zero-order chi connectivity index (χ0) is 14.2. The molecular weight excluding hydrogens is 284 g/mol. The summed E-state index contributed by atoms with van der Waals surface area (Å²) in [7, 11) is -3.55. The monoisotopic (exact) mass is 302 g/mol. The van der Waals surface area contributed by atoms with Crippen LogP contribution in [0.5, 0.6) is 0 Å². The van der Waals surface area contributed by atoms with Crippen molar-refractivity contribution in [3.05, 3.63) is 16.5 Å². The van der Waals surface area contributed by atoms with Gasteiger partial charge in [-0.2, -0.15) is 0 Å². The molecule has 5 nitrogen and oxygen atoms in total. The van der Waals surface area contributed by atoms with Gasteiger partial charge >= 0.3 is 0 Å². The molecule has 1 aliphatic carbocycles. The van der Waals surface area contributed by atoms with Gasteiger partial charge in [0.15, 0.2) is 0 Å². The van der Waals surface area contributed by atoms with Crippen LogP contribution >= 0.6 is 11.3 Å². The molecule has 0 radical (unpaired) electrons. The molecule has 7 heteroatoms. The van der Waals surface area contributed by atoms with Crippen molar-refractivity contribution in [1.29, 1.82) is 0 Å². The lowest BCUT2D eigenvalue weighted by Gasteiger charge is -2.17. The maximum absolute atomic E-state index is 12.3. The molecule has 1 saturated carbocycles. The summed E-state index contributed by atoms with van der Waals surface area (Å²) < 4.78 is 27.5. The van der Waals surface area contributed by atoms with Gasteiger partial charge in [-0.15, -0.1) is 11.3 Å². The molecule has 0 unspecified atom stereocenters. The zero-order valence-electron chi connectivity index (χ0n) is 11.0. The van der Waals surface area contributed by atoms with Gasteiger partial charge in [-0.05, 0) is 38.3 Å². The smallest absolute Gasteiger partial charge is 0.250 e. The molecule has 0 aromatic carbocycles. The lowest BCUT2D eigenvalue weighted by Crippen LogP contribution is -2.42. The maximum Gasteiger partial charge on any atom is 0.250 e. The minimum Gasteiger partial charge on any atom is -0.369 e. The molecule has 2 atom stereocenters. The van der Waals surface area contributed by atoms with Crippen molar-refractivity contribution in [2.75, 3.05) is 0 Å². The summed E-state index contributed by atoms with van der Waals surface area (Å²) in [4.78, 5) is 12.3. The van der Waals surface area contributed by atoms with E-state index < -0.39 is 21.8 Å². The minimum atomic E-state index is -3.55. The summed E-state index contributed by atoms with van der Waals surface area (Å²) in [6.07, 6.45) is 2.14. The molecule has 0 bridgehead atoms. The van der Waals surface area contributed by atoms with Crippen LogP contribution in [0.2, 0.25) is 0 Å². The second-order valence-corrected chi connectivity index (χ2v) is 8.17. The molecule has 106 valence electrons. The quantitative estimate of drug-likeness (QED) is 0.878. The van der Waals surface area contributed by atoms with Crippen LogP contribution in [0.3, 0.4) is 0 Å². The number of hydrogen-bond donors (Lipinski definition) is 2. The van der Waals surface area contributed by atoms with Crippen LogP contribution < -0.4 is 10.5 Å². The first kappa shape index (κ1) is 14.5. The molecular formula is C12H18N2O3S2. The van der Waals surface area contributed by atoms with Gasteiger partial charge in [0.25, 0.3) is 0 Å². The Hall–Kier alpha value is -0.920. The van der Waals surface area contributed by atoms with E-state index in [2.05, 4.69) is 4.72 Å². The predicted molar refractivity (Wildman–Crippen MR) is 74.4 cm³/mol. The van der Waals surface area contributed by atoms with E-state index in [1.165, 1.54) is 11.3 Å². The molecule has 0 saturated heterocycles. The van der Waals surface area contributed by atoms with Gasteiger partial charge < -0.3 is 5.73 Å². The minimum absolute atomic E-state index is 0.303. The highest BCUT2D eigenvalue weighted by atomic mass is 32.2. The van der Waals surface area contributed by atoms with Gasteiger partial charge in [0.05, 0.1) is 5.92 Å². The largest absolute Gasteiger partial charge is 0.369 e. The fourth-order valence-electron chi connectivity index (χ4n) is 2.37. The number of sulfonamides is 1. The molecule has 1 fully saturated rings.